The van der Waals surface area contributed by atoms with Gasteiger partial charge in [-0.2, -0.15) is 0 Å². The number of hydrogen-bond acceptors (Lipinski definition) is 4. The molecule has 0 aromatic rings. The van der Waals surface area contributed by atoms with Crippen LogP contribution in [0.25, 0.3) is 0 Å². The molecule has 0 saturated heterocycles. The van der Waals surface area contributed by atoms with Crippen molar-refractivity contribution in [1.82, 2.24) is 0 Å². The van der Waals surface area contributed by atoms with Crippen molar-refractivity contribution in [2.24, 2.45) is 0 Å². The van der Waals surface area contributed by atoms with E-state index in [9.17, 15) is 0 Å². The van der Waals surface area contributed by atoms with E-state index in [0.29, 0.717) is 0 Å². The maximum Gasteiger partial charge on any atom is 2.00 e. The Bertz CT molecular complexity index is 48.3. The SMILES string of the molecule is O[Si](O)(O)OCl.[H-].[H-].[Sr+2]. The Kier molecular flexibility index (Phi) is 7.76. The average Bonchev–Trinajstić information content (AvgIpc) is 1.35. The third kappa shape index (κ3) is 11.4. The molecular weight excluding hydrogens is 215 g/mol. The first-order chi connectivity index (χ1) is 2.56. The molecule has 0 amide bonds. The van der Waals surface area contributed by atoms with E-state index in [1.54, 1.807) is 0 Å². The van der Waals surface area contributed by atoms with Gasteiger partial charge in [0.15, 0.2) is 0 Å². The van der Waals surface area contributed by atoms with Gasteiger partial charge in [0.2, 0.25) is 0 Å². The summed E-state index contributed by atoms with van der Waals surface area (Å²) in [5, 5.41) is 0. The molecule has 0 aromatic heterocycles. The number of hydrogen-bond donors (Lipinski definition) is 3. The van der Waals surface area contributed by atoms with Crippen molar-refractivity contribution in [3.8, 4) is 0 Å². The molecule has 0 bridgehead atoms. The Morgan fingerprint density at radius 2 is 1.57 bits per heavy atom. The van der Waals surface area contributed by atoms with Crippen molar-refractivity contribution >= 4 is 66.4 Å². The van der Waals surface area contributed by atoms with Crippen molar-refractivity contribution in [3.63, 3.8) is 0 Å². The summed E-state index contributed by atoms with van der Waals surface area (Å²) >= 11 is 4.29. The fourth-order valence-corrected chi connectivity index (χ4v) is 0. The zero-order valence-corrected chi connectivity index (χ0v) is 8.57. The summed E-state index contributed by atoms with van der Waals surface area (Å²) in [5.74, 6) is 0. The zero-order valence-electron chi connectivity index (χ0n) is 5.33. The van der Waals surface area contributed by atoms with Crippen LogP contribution < -0.4 is 0 Å². The largest absolute Gasteiger partial charge is 2.00 e. The van der Waals surface area contributed by atoms with Crippen LogP contribution in [-0.2, 0) is 3.98 Å². The third-order valence-electron chi connectivity index (χ3n) is 0.104. The van der Waals surface area contributed by atoms with E-state index in [2.05, 4.69) is 15.8 Å². The van der Waals surface area contributed by atoms with Gasteiger partial charge < -0.3 is 17.2 Å². The average molecular weight is 220 g/mol. The Balaban J connectivity index is -0.0000000417. The molecule has 0 aliphatic rings. The molecule has 0 aliphatic carbocycles. The molecule has 0 saturated carbocycles. The topological polar surface area (TPSA) is 69.9 Å². The van der Waals surface area contributed by atoms with Crippen molar-refractivity contribution in [3.05, 3.63) is 0 Å². The van der Waals surface area contributed by atoms with Crippen LogP contribution in [0.3, 0.4) is 0 Å². The molecule has 3 N–H and O–H groups in total. The van der Waals surface area contributed by atoms with Gasteiger partial charge in [-0.15, -0.1) is 0 Å². The van der Waals surface area contributed by atoms with E-state index in [0.717, 1.165) is 0 Å². The van der Waals surface area contributed by atoms with E-state index in [4.69, 9.17) is 14.4 Å². The molecule has 0 aliphatic heterocycles. The molecule has 0 heterocycles. The minimum absolute atomic E-state index is 0. The van der Waals surface area contributed by atoms with E-state index >= 15 is 0 Å². The van der Waals surface area contributed by atoms with Crippen molar-refractivity contribution in [1.29, 1.82) is 0 Å². The van der Waals surface area contributed by atoms with Gasteiger partial charge in [0.25, 0.3) is 0 Å². The summed E-state index contributed by atoms with van der Waals surface area (Å²) in [5.41, 5.74) is 0. The van der Waals surface area contributed by atoms with Crippen LogP contribution in [0.5, 0.6) is 0 Å². The van der Waals surface area contributed by atoms with Gasteiger partial charge in [-0.1, -0.05) is 0 Å². The summed E-state index contributed by atoms with van der Waals surface area (Å²) in [6, 6.07) is 0. The number of rotatable bonds is 1. The fourth-order valence-electron chi connectivity index (χ4n) is 0. The van der Waals surface area contributed by atoms with Crippen LogP contribution in [0, 0.1) is 0 Å². The van der Waals surface area contributed by atoms with Crippen LogP contribution in [-0.4, -0.2) is 68.9 Å². The quantitative estimate of drug-likeness (QED) is 0.466. The first-order valence-electron chi connectivity index (χ1n) is 1.03. The second kappa shape index (κ2) is 4.68. The normalized spacial score (nSPS) is 10.3. The van der Waals surface area contributed by atoms with Crippen LogP contribution in [0.4, 0.5) is 0 Å². The van der Waals surface area contributed by atoms with Crippen molar-refractivity contribution in [2.75, 3.05) is 0 Å². The smallest absolute Gasteiger partial charge is 1.00 e. The molecule has 0 fully saturated rings. The predicted octanol–water partition coefficient (Wildman–Crippen LogP) is -1.59. The zero-order chi connectivity index (χ0) is 5.21. The maximum atomic E-state index is 7.72. The van der Waals surface area contributed by atoms with Gasteiger partial charge in [0, 0.05) is 0 Å². The summed E-state index contributed by atoms with van der Waals surface area (Å²) in [7, 11) is -4.37. The van der Waals surface area contributed by atoms with E-state index in [-0.39, 0.29) is 48.3 Å². The van der Waals surface area contributed by atoms with Crippen LogP contribution in [0.2, 0.25) is 0 Å². The van der Waals surface area contributed by atoms with Gasteiger partial charge in [0.1, 0.15) is 0 Å². The van der Waals surface area contributed by atoms with Crippen molar-refractivity contribution in [2.45, 2.75) is 0 Å². The molecule has 0 spiro atoms. The van der Waals surface area contributed by atoms with Gasteiger partial charge in [0.05, 0.1) is 11.9 Å². The first kappa shape index (κ1) is 11.6. The van der Waals surface area contributed by atoms with Crippen LogP contribution in [0.1, 0.15) is 2.85 Å². The second-order valence-corrected chi connectivity index (χ2v) is 2.42. The molecular formula is H5ClO4SiSr. The molecule has 0 radical (unpaired) electrons. The molecule has 0 unspecified atom stereocenters. The predicted molar refractivity (Wildman–Crippen MR) is 27.3 cm³/mol. The summed E-state index contributed by atoms with van der Waals surface area (Å²) < 4.78 is 3.22. The summed E-state index contributed by atoms with van der Waals surface area (Å²) in [4.78, 5) is 23.2. The van der Waals surface area contributed by atoms with Crippen LogP contribution in [0.15, 0.2) is 0 Å². The van der Waals surface area contributed by atoms with Crippen molar-refractivity contribution < 1.29 is 21.2 Å². The van der Waals surface area contributed by atoms with E-state index in [1.165, 1.54) is 0 Å². The van der Waals surface area contributed by atoms with E-state index in [1.807, 2.05) is 0 Å². The van der Waals surface area contributed by atoms with Gasteiger partial charge in [-0.25, -0.2) is 3.98 Å². The standard InChI is InChI=1S/ClH3O4Si.Sr.2H/c1-5-6(2,3)4;;;/h2-4H;;;/q;+2;2*-1. The molecule has 7 heteroatoms. The molecule has 0 aromatic carbocycles. The minimum Gasteiger partial charge on any atom is -1.00 e. The fraction of sp³-hybridized carbons (Fsp3) is 0. The Labute approximate surface area is 86.6 Å². The molecule has 4 nitrogen and oxygen atoms in total. The van der Waals surface area contributed by atoms with E-state index < -0.39 is 9.05 Å². The number of halogens is 1. The third-order valence-corrected chi connectivity index (χ3v) is 0.932. The first-order valence-corrected chi connectivity index (χ1v) is 3.09. The second-order valence-electron chi connectivity index (χ2n) is 0.651. The van der Waals surface area contributed by atoms with Gasteiger partial charge in [-0.3, -0.25) is 0 Å². The van der Waals surface area contributed by atoms with Crippen LogP contribution >= 0.6 is 11.9 Å². The minimum atomic E-state index is -4.37. The Hall–Kier alpha value is 1.83. The Morgan fingerprint density at radius 1 is 1.43 bits per heavy atom. The maximum absolute atomic E-state index is 7.72. The van der Waals surface area contributed by atoms with Gasteiger partial charge >= 0.3 is 54.5 Å². The molecule has 7 heavy (non-hydrogen) atoms. The van der Waals surface area contributed by atoms with Gasteiger partial charge in [-0.05, 0) is 0 Å². The Morgan fingerprint density at radius 3 is 1.57 bits per heavy atom. The summed E-state index contributed by atoms with van der Waals surface area (Å²) in [6.07, 6.45) is 0. The molecule has 42 valence electrons. The molecule has 0 atom stereocenters. The monoisotopic (exact) mass is 220 g/mol. The summed E-state index contributed by atoms with van der Waals surface area (Å²) in [6.45, 7) is 0. The molecule has 0 rings (SSSR count).